The molecule has 76 valence electrons. The second kappa shape index (κ2) is 3.58. The van der Waals surface area contributed by atoms with Crippen molar-refractivity contribution in [1.82, 2.24) is 9.55 Å². The summed E-state index contributed by atoms with van der Waals surface area (Å²) in [5.74, 6) is 0.944. The number of imidazole rings is 1. The number of hydrogen-bond acceptors (Lipinski definition) is 2. The van der Waals surface area contributed by atoms with E-state index in [4.69, 9.17) is 0 Å². The first-order chi connectivity index (χ1) is 6.70. The molecule has 0 radical (unpaired) electrons. The molecular weight excluding hydrogens is 176 g/mol. The van der Waals surface area contributed by atoms with E-state index in [0.717, 1.165) is 25.1 Å². The van der Waals surface area contributed by atoms with Crippen molar-refractivity contribution < 1.29 is 5.11 Å². The van der Waals surface area contributed by atoms with E-state index in [1.54, 1.807) is 6.20 Å². The molecule has 1 heterocycles. The second-order valence-corrected chi connectivity index (χ2v) is 4.03. The van der Waals surface area contributed by atoms with Crippen molar-refractivity contribution in [2.45, 2.75) is 31.3 Å². The quantitative estimate of drug-likeness (QED) is 0.720. The summed E-state index contributed by atoms with van der Waals surface area (Å²) in [6.07, 6.45) is 11.3. The summed E-state index contributed by atoms with van der Waals surface area (Å²) in [7, 11) is 1.96. The molecule has 2 rings (SSSR count). The van der Waals surface area contributed by atoms with Gasteiger partial charge in [0.2, 0.25) is 0 Å². The Bertz CT molecular complexity index is 343. The molecule has 0 aromatic carbocycles. The van der Waals surface area contributed by atoms with Gasteiger partial charge in [-0.05, 0) is 19.3 Å². The molecule has 0 spiro atoms. The van der Waals surface area contributed by atoms with Crippen molar-refractivity contribution in [2.24, 2.45) is 7.05 Å². The average Bonchev–Trinajstić information content (AvgIpc) is 2.52. The lowest BCUT2D eigenvalue weighted by Gasteiger charge is -2.26. The van der Waals surface area contributed by atoms with Gasteiger partial charge in [0.15, 0.2) is 0 Å². The molecule has 3 heteroatoms. The van der Waals surface area contributed by atoms with E-state index in [1.807, 2.05) is 23.9 Å². The minimum Gasteiger partial charge on any atom is -0.385 e. The lowest BCUT2D eigenvalue weighted by atomic mass is 9.88. The molecule has 0 aliphatic heterocycles. The van der Waals surface area contributed by atoms with Gasteiger partial charge >= 0.3 is 0 Å². The third kappa shape index (κ3) is 1.87. The predicted molar refractivity (Wildman–Crippen MR) is 54.9 cm³/mol. The van der Waals surface area contributed by atoms with E-state index < -0.39 is 5.60 Å². The highest BCUT2D eigenvalue weighted by Gasteiger charge is 2.26. The lowest BCUT2D eigenvalue weighted by molar-refractivity contribution is 0.0723. The van der Waals surface area contributed by atoms with Gasteiger partial charge in [0, 0.05) is 25.9 Å². The summed E-state index contributed by atoms with van der Waals surface area (Å²) in [5, 5.41) is 10.2. The normalized spacial score (nSPS) is 26.7. The monoisotopic (exact) mass is 192 g/mol. The van der Waals surface area contributed by atoms with Crippen molar-refractivity contribution in [2.75, 3.05) is 0 Å². The third-order valence-corrected chi connectivity index (χ3v) is 2.79. The Morgan fingerprint density at radius 1 is 1.64 bits per heavy atom. The average molecular weight is 192 g/mol. The highest BCUT2D eigenvalue weighted by atomic mass is 16.3. The topological polar surface area (TPSA) is 38.0 Å². The van der Waals surface area contributed by atoms with Crippen LogP contribution in [0.3, 0.4) is 0 Å². The summed E-state index contributed by atoms with van der Waals surface area (Å²) in [6, 6.07) is 0. The van der Waals surface area contributed by atoms with Crippen LogP contribution < -0.4 is 0 Å². The Hall–Kier alpha value is -1.09. The zero-order valence-electron chi connectivity index (χ0n) is 8.48. The number of aryl methyl sites for hydroxylation is 1. The second-order valence-electron chi connectivity index (χ2n) is 4.03. The zero-order chi connectivity index (χ0) is 10.0. The van der Waals surface area contributed by atoms with Crippen LogP contribution in [0, 0.1) is 0 Å². The molecule has 0 fully saturated rings. The fourth-order valence-corrected chi connectivity index (χ4v) is 1.90. The first kappa shape index (κ1) is 9.46. The SMILES string of the molecule is Cn1ccnc1CC1(O)C=CCCC1. The maximum atomic E-state index is 10.2. The first-order valence-corrected chi connectivity index (χ1v) is 5.06. The Morgan fingerprint density at radius 2 is 2.50 bits per heavy atom. The van der Waals surface area contributed by atoms with Gasteiger partial charge < -0.3 is 9.67 Å². The maximum absolute atomic E-state index is 10.2. The molecule has 0 amide bonds. The van der Waals surface area contributed by atoms with Gasteiger partial charge in [-0.25, -0.2) is 4.98 Å². The number of aliphatic hydroxyl groups is 1. The van der Waals surface area contributed by atoms with Crippen molar-refractivity contribution in [3.05, 3.63) is 30.4 Å². The van der Waals surface area contributed by atoms with Crippen LogP contribution in [0.25, 0.3) is 0 Å². The molecular formula is C11H16N2O. The number of allylic oxidation sites excluding steroid dienone is 1. The van der Waals surface area contributed by atoms with Crippen molar-refractivity contribution in [3.63, 3.8) is 0 Å². The van der Waals surface area contributed by atoms with E-state index in [9.17, 15) is 5.11 Å². The Morgan fingerprint density at radius 3 is 3.07 bits per heavy atom. The summed E-state index contributed by atoms with van der Waals surface area (Å²) in [4.78, 5) is 4.22. The van der Waals surface area contributed by atoms with Crippen molar-refractivity contribution >= 4 is 0 Å². The molecule has 0 saturated carbocycles. The molecule has 1 aromatic rings. The third-order valence-electron chi connectivity index (χ3n) is 2.79. The Labute approximate surface area is 84.1 Å². The minimum atomic E-state index is -0.669. The van der Waals surface area contributed by atoms with Gasteiger partial charge in [-0.1, -0.05) is 12.2 Å². The van der Waals surface area contributed by atoms with Crippen molar-refractivity contribution in [1.29, 1.82) is 0 Å². The molecule has 1 atom stereocenters. The zero-order valence-corrected chi connectivity index (χ0v) is 8.48. The summed E-state index contributed by atoms with van der Waals surface area (Å²) < 4.78 is 1.96. The molecule has 1 aromatic heterocycles. The van der Waals surface area contributed by atoms with Crippen molar-refractivity contribution in [3.8, 4) is 0 Å². The molecule has 1 N–H and O–H groups in total. The molecule has 1 aliphatic carbocycles. The smallest absolute Gasteiger partial charge is 0.111 e. The van der Waals surface area contributed by atoms with E-state index in [0.29, 0.717) is 6.42 Å². The summed E-state index contributed by atoms with van der Waals surface area (Å²) >= 11 is 0. The maximum Gasteiger partial charge on any atom is 0.111 e. The van der Waals surface area contributed by atoms with E-state index in [1.165, 1.54) is 0 Å². The fourth-order valence-electron chi connectivity index (χ4n) is 1.90. The molecule has 1 unspecified atom stereocenters. The van der Waals surface area contributed by atoms with Crippen LogP contribution >= 0.6 is 0 Å². The number of rotatable bonds is 2. The van der Waals surface area contributed by atoms with Crippen LogP contribution in [0.1, 0.15) is 25.1 Å². The van der Waals surface area contributed by atoms with Crippen LogP contribution in [0.5, 0.6) is 0 Å². The van der Waals surface area contributed by atoms with Crippen LogP contribution in [0.4, 0.5) is 0 Å². The van der Waals surface area contributed by atoms with Crippen LogP contribution in [0.2, 0.25) is 0 Å². The van der Waals surface area contributed by atoms with Crippen LogP contribution in [0.15, 0.2) is 24.5 Å². The van der Waals surface area contributed by atoms with Gasteiger partial charge in [0.05, 0.1) is 5.60 Å². The Kier molecular flexibility index (Phi) is 2.42. The van der Waals surface area contributed by atoms with E-state index in [2.05, 4.69) is 11.1 Å². The van der Waals surface area contributed by atoms with Gasteiger partial charge in [-0.2, -0.15) is 0 Å². The highest BCUT2D eigenvalue weighted by Crippen LogP contribution is 2.25. The van der Waals surface area contributed by atoms with Gasteiger partial charge in [-0.3, -0.25) is 0 Å². The molecule has 1 aliphatic rings. The molecule has 0 saturated heterocycles. The Balaban J connectivity index is 2.13. The highest BCUT2D eigenvalue weighted by molar-refractivity contribution is 5.10. The lowest BCUT2D eigenvalue weighted by Crippen LogP contribution is -2.31. The predicted octanol–water partition coefficient (Wildman–Crippen LogP) is 1.43. The molecule has 14 heavy (non-hydrogen) atoms. The summed E-state index contributed by atoms with van der Waals surface area (Å²) in [6.45, 7) is 0. The molecule has 0 bridgehead atoms. The number of hydrogen-bond donors (Lipinski definition) is 1. The number of nitrogens with zero attached hydrogens (tertiary/aromatic N) is 2. The van der Waals surface area contributed by atoms with E-state index >= 15 is 0 Å². The fraction of sp³-hybridized carbons (Fsp3) is 0.545. The van der Waals surface area contributed by atoms with Crippen LogP contribution in [-0.2, 0) is 13.5 Å². The molecule has 3 nitrogen and oxygen atoms in total. The first-order valence-electron chi connectivity index (χ1n) is 5.06. The minimum absolute atomic E-state index is 0.618. The standard InChI is InChI=1S/C11H16N2O/c1-13-8-7-12-10(13)9-11(14)5-3-2-4-6-11/h3,5,7-8,14H,2,4,6,9H2,1H3. The summed E-state index contributed by atoms with van der Waals surface area (Å²) in [5.41, 5.74) is -0.669. The van der Waals surface area contributed by atoms with E-state index in [-0.39, 0.29) is 0 Å². The largest absolute Gasteiger partial charge is 0.385 e. The number of aromatic nitrogens is 2. The van der Waals surface area contributed by atoms with Gasteiger partial charge in [0.25, 0.3) is 0 Å². The van der Waals surface area contributed by atoms with Crippen LogP contribution in [-0.4, -0.2) is 20.3 Å². The van der Waals surface area contributed by atoms with Gasteiger partial charge in [-0.15, -0.1) is 0 Å². The van der Waals surface area contributed by atoms with Gasteiger partial charge in [0.1, 0.15) is 5.82 Å².